The van der Waals surface area contributed by atoms with E-state index < -0.39 is 16.0 Å². The van der Waals surface area contributed by atoms with Crippen molar-refractivity contribution >= 4 is 27.6 Å². The van der Waals surface area contributed by atoms with Gasteiger partial charge in [-0.05, 0) is 43.5 Å². The summed E-state index contributed by atoms with van der Waals surface area (Å²) in [7, 11) is -3.95. The second-order valence-electron chi connectivity index (χ2n) is 6.93. The fourth-order valence-corrected chi connectivity index (χ4v) is 4.05. The van der Waals surface area contributed by atoms with Crippen LogP contribution in [0.4, 0.5) is 5.69 Å². The summed E-state index contributed by atoms with van der Waals surface area (Å²) in [6, 6.07) is 5.85. The number of carbonyl (C=O) groups excluding carboxylic acids is 2. The highest BCUT2D eigenvalue weighted by Gasteiger charge is 2.21. The molecule has 0 radical (unpaired) electrons. The van der Waals surface area contributed by atoms with E-state index in [1.165, 1.54) is 43.5 Å². The first-order valence-corrected chi connectivity index (χ1v) is 11.0. The van der Waals surface area contributed by atoms with Gasteiger partial charge in [-0.15, -0.1) is 9.19 Å². The Kier molecular flexibility index (Phi) is 6.63. The Bertz CT molecular complexity index is 965. The lowest BCUT2D eigenvalue weighted by Gasteiger charge is -2.24. The van der Waals surface area contributed by atoms with Crippen molar-refractivity contribution in [2.24, 2.45) is 5.92 Å². The molecular formula is C19H24N4O5S. The second kappa shape index (κ2) is 9.17. The number of hydrogen-bond acceptors (Lipinski definition) is 7. The van der Waals surface area contributed by atoms with Crippen LogP contribution in [0.25, 0.3) is 0 Å². The van der Waals surface area contributed by atoms with E-state index in [4.69, 9.17) is 4.74 Å². The summed E-state index contributed by atoms with van der Waals surface area (Å²) < 4.78 is 30.8. The second-order valence-corrected chi connectivity index (χ2v) is 8.72. The van der Waals surface area contributed by atoms with Crippen molar-refractivity contribution in [1.82, 2.24) is 14.2 Å². The number of nitrogens with zero attached hydrogens (tertiary/aromatic N) is 3. The summed E-state index contributed by atoms with van der Waals surface area (Å²) >= 11 is 0. The van der Waals surface area contributed by atoms with Crippen LogP contribution in [-0.4, -0.2) is 41.1 Å². The van der Waals surface area contributed by atoms with Gasteiger partial charge >= 0.3 is 5.97 Å². The van der Waals surface area contributed by atoms with Crippen LogP contribution in [0.3, 0.4) is 0 Å². The first kappa shape index (κ1) is 21.0. The van der Waals surface area contributed by atoms with Crippen LogP contribution < -0.4 is 5.32 Å². The molecule has 10 heteroatoms. The maximum absolute atomic E-state index is 12.7. The van der Waals surface area contributed by atoms with Crippen LogP contribution in [0.15, 0.2) is 35.5 Å². The normalized spacial score (nSPS) is 14.2. The van der Waals surface area contributed by atoms with E-state index in [2.05, 4.69) is 15.4 Å². The topological polar surface area (TPSA) is 120 Å². The zero-order valence-electron chi connectivity index (χ0n) is 16.2. The summed E-state index contributed by atoms with van der Waals surface area (Å²) in [5, 5.41) is 6.63. The lowest BCUT2D eigenvalue weighted by atomic mass is 9.82. The van der Waals surface area contributed by atoms with Crippen molar-refractivity contribution in [2.45, 2.75) is 50.3 Å². The van der Waals surface area contributed by atoms with Crippen molar-refractivity contribution in [2.75, 3.05) is 11.9 Å². The third-order valence-corrected chi connectivity index (χ3v) is 6.35. The van der Waals surface area contributed by atoms with Crippen LogP contribution in [0.1, 0.15) is 44.9 Å². The number of benzene rings is 1. The number of hydrogen-bond donors (Lipinski definition) is 1. The number of nitrogens with one attached hydrogen (secondary N) is 1. The van der Waals surface area contributed by atoms with E-state index >= 15 is 0 Å². The Labute approximate surface area is 169 Å². The lowest BCUT2D eigenvalue weighted by Crippen LogP contribution is -2.17. The molecule has 0 bridgehead atoms. The van der Waals surface area contributed by atoms with Gasteiger partial charge in [0, 0.05) is 12.1 Å². The number of anilines is 1. The summed E-state index contributed by atoms with van der Waals surface area (Å²) in [4.78, 5) is 27.3. The first-order chi connectivity index (χ1) is 13.9. The van der Waals surface area contributed by atoms with Gasteiger partial charge in [0.2, 0.25) is 5.91 Å². The summed E-state index contributed by atoms with van der Waals surface area (Å²) in [5.74, 6) is 0.111. The average molecular weight is 420 g/mol. The SMILES string of the molecule is CCOC(=O)Cc1ncn(S(=O)(=O)c2ccc(NC(=O)CCC3CCC3)cc2)n1. The molecule has 1 amide bonds. The number of carbonyl (C=O) groups is 2. The first-order valence-electron chi connectivity index (χ1n) is 9.60. The molecule has 0 spiro atoms. The minimum atomic E-state index is -3.95. The van der Waals surface area contributed by atoms with Gasteiger partial charge in [-0.1, -0.05) is 19.3 Å². The number of ether oxygens (including phenoxy) is 1. The van der Waals surface area contributed by atoms with Gasteiger partial charge in [-0.25, -0.2) is 4.98 Å². The molecule has 1 aromatic heterocycles. The number of rotatable bonds is 9. The molecule has 156 valence electrons. The molecule has 1 aliphatic carbocycles. The molecule has 0 unspecified atom stereocenters. The lowest BCUT2D eigenvalue weighted by molar-refractivity contribution is -0.142. The molecule has 2 aromatic rings. The molecule has 3 rings (SSSR count). The Hall–Kier alpha value is -2.75. The predicted octanol–water partition coefficient (Wildman–Crippen LogP) is 2.14. The molecule has 9 nitrogen and oxygen atoms in total. The van der Waals surface area contributed by atoms with Crippen molar-refractivity contribution in [3.8, 4) is 0 Å². The fraction of sp³-hybridized carbons (Fsp3) is 0.474. The third-order valence-electron chi connectivity index (χ3n) is 4.81. The van der Waals surface area contributed by atoms with E-state index in [1.54, 1.807) is 6.92 Å². The van der Waals surface area contributed by atoms with E-state index in [9.17, 15) is 18.0 Å². The monoisotopic (exact) mass is 420 g/mol. The van der Waals surface area contributed by atoms with Crippen LogP contribution in [0.2, 0.25) is 0 Å². The zero-order valence-corrected chi connectivity index (χ0v) is 17.0. The molecule has 0 atom stereocenters. The van der Waals surface area contributed by atoms with Gasteiger partial charge in [0.05, 0.1) is 11.5 Å². The molecule has 1 N–H and O–H groups in total. The molecule has 1 aromatic carbocycles. The quantitative estimate of drug-likeness (QED) is 0.617. The summed E-state index contributed by atoms with van der Waals surface area (Å²) in [6.07, 6.45) is 5.83. The number of aromatic nitrogens is 3. The highest BCUT2D eigenvalue weighted by Crippen LogP contribution is 2.30. The van der Waals surface area contributed by atoms with Crippen molar-refractivity contribution in [3.05, 3.63) is 36.4 Å². The summed E-state index contributed by atoms with van der Waals surface area (Å²) in [5.41, 5.74) is 0.532. The Morgan fingerprint density at radius 1 is 1.24 bits per heavy atom. The van der Waals surface area contributed by atoms with Crippen molar-refractivity contribution < 1.29 is 22.7 Å². The maximum atomic E-state index is 12.7. The van der Waals surface area contributed by atoms with Gasteiger partial charge in [-0.3, -0.25) is 9.59 Å². The van der Waals surface area contributed by atoms with E-state index in [1.807, 2.05) is 0 Å². The molecule has 1 fully saturated rings. The Morgan fingerprint density at radius 2 is 1.97 bits per heavy atom. The van der Waals surface area contributed by atoms with Crippen molar-refractivity contribution in [1.29, 1.82) is 0 Å². The van der Waals surface area contributed by atoms with Crippen LogP contribution >= 0.6 is 0 Å². The highest BCUT2D eigenvalue weighted by molar-refractivity contribution is 7.89. The minimum absolute atomic E-state index is 0.00227. The maximum Gasteiger partial charge on any atom is 0.313 e. The van der Waals surface area contributed by atoms with E-state index in [0.717, 1.165) is 12.7 Å². The Morgan fingerprint density at radius 3 is 2.59 bits per heavy atom. The van der Waals surface area contributed by atoms with Crippen LogP contribution in [0.5, 0.6) is 0 Å². The molecule has 29 heavy (non-hydrogen) atoms. The van der Waals surface area contributed by atoms with Gasteiger partial charge in [0.25, 0.3) is 10.0 Å². The summed E-state index contributed by atoms with van der Waals surface area (Å²) in [6.45, 7) is 1.90. The molecule has 1 saturated carbocycles. The Balaban J connectivity index is 1.61. The van der Waals surface area contributed by atoms with Crippen LogP contribution in [0, 0.1) is 5.92 Å². The number of amides is 1. The van der Waals surface area contributed by atoms with Gasteiger partial charge in [0.15, 0.2) is 5.82 Å². The predicted molar refractivity (Wildman–Crippen MR) is 105 cm³/mol. The largest absolute Gasteiger partial charge is 0.466 e. The van der Waals surface area contributed by atoms with E-state index in [0.29, 0.717) is 22.1 Å². The van der Waals surface area contributed by atoms with Crippen molar-refractivity contribution in [3.63, 3.8) is 0 Å². The zero-order chi connectivity index (χ0) is 20.9. The molecule has 1 heterocycles. The smallest absolute Gasteiger partial charge is 0.313 e. The standard InChI is InChI=1S/C19H24N4O5S/c1-2-28-19(25)12-17-20-13-23(22-17)29(26,27)16-9-7-15(8-10-16)21-18(24)11-6-14-4-3-5-14/h7-10,13-14H,2-6,11-12H2,1H3,(H,21,24). The fourth-order valence-electron chi connectivity index (χ4n) is 2.98. The molecular weight excluding hydrogens is 396 g/mol. The van der Waals surface area contributed by atoms with Gasteiger partial charge < -0.3 is 10.1 Å². The van der Waals surface area contributed by atoms with E-state index in [-0.39, 0.29) is 29.7 Å². The molecule has 1 aliphatic rings. The van der Waals surface area contributed by atoms with Crippen LogP contribution in [-0.2, 0) is 30.8 Å². The molecule has 0 aliphatic heterocycles. The van der Waals surface area contributed by atoms with Gasteiger partial charge in [-0.2, -0.15) is 8.42 Å². The number of esters is 1. The molecule has 0 saturated heterocycles. The minimum Gasteiger partial charge on any atom is -0.466 e. The van der Waals surface area contributed by atoms with Gasteiger partial charge in [0.1, 0.15) is 12.7 Å². The highest BCUT2D eigenvalue weighted by atomic mass is 32.2. The average Bonchev–Trinajstić information content (AvgIpc) is 3.10. The third kappa shape index (κ3) is 5.41.